The van der Waals surface area contributed by atoms with E-state index in [0.29, 0.717) is 53.3 Å². The minimum atomic E-state index is -0.361. The summed E-state index contributed by atoms with van der Waals surface area (Å²) in [6, 6.07) is 13.9. The summed E-state index contributed by atoms with van der Waals surface area (Å²) in [5.41, 5.74) is 1.22. The zero-order valence-corrected chi connectivity index (χ0v) is 17.9. The van der Waals surface area contributed by atoms with E-state index in [1.807, 2.05) is 36.1 Å². The van der Waals surface area contributed by atoms with E-state index in [1.54, 1.807) is 29.2 Å². The number of nitrogens with zero attached hydrogens (tertiary/aromatic N) is 2. The molecular weight excluding hydrogens is 425 g/mol. The van der Waals surface area contributed by atoms with Crippen LogP contribution in [-0.4, -0.2) is 53.8 Å². The van der Waals surface area contributed by atoms with E-state index in [0.717, 1.165) is 5.39 Å². The number of hydrogen-bond donors (Lipinski definition) is 1. The minimum Gasteiger partial charge on any atom is -0.451 e. The van der Waals surface area contributed by atoms with Crippen LogP contribution < -0.4 is 5.32 Å². The summed E-state index contributed by atoms with van der Waals surface area (Å²) in [6.07, 6.45) is 0. The third-order valence-corrected chi connectivity index (χ3v) is 5.90. The van der Waals surface area contributed by atoms with Gasteiger partial charge in [-0.05, 0) is 37.3 Å². The SMILES string of the molecule is CC(C(=O)Nc1ccc(Cl)cc1Cl)N1CCN(C(=O)c2cc3ccccc3o2)CC1. The smallest absolute Gasteiger partial charge is 0.289 e. The molecule has 0 saturated carbocycles. The van der Waals surface area contributed by atoms with Crippen molar-refractivity contribution >= 4 is 51.7 Å². The number of hydrogen-bond acceptors (Lipinski definition) is 4. The first kappa shape index (κ1) is 20.7. The molecule has 156 valence electrons. The van der Waals surface area contributed by atoms with Crippen molar-refractivity contribution in [3.8, 4) is 0 Å². The van der Waals surface area contributed by atoms with Gasteiger partial charge in [0.05, 0.1) is 16.8 Å². The number of furan rings is 1. The number of piperazine rings is 1. The number of amides is 2. The van der Waals surface area contributed by atoms with Gasteiger partial charge in [0.25, 0.3) is 5.91 Å². The maximum absolute atomic E-state index is 12.8. The maximum Gasteiger partial charge on any atom is 0.289 e. The molecule has 2 heterocycles. The number of para-hydroxylation sites is 1. The van der Waals surface area contributed by atoms with Crippen molar-refractivity contribution in [2.75, 3.05) is 31.5 Å². The second kappa shape index (κ2) is 8.68. The molecule has 1 unspecified atom stereocenters. The lowest BCUT2D eigenvalue weighted by atomic mass is 10.2. The first-order valence-electron chi connectivity index (χ1n) is 9.70. The lowest BCUT2D eigenvalue weighted by Crippen LogP contribution is -2.54. The van der Waals surface area contributed by atoms with Gasteiger partial charge < -0.3 is 14.6 Å². The summed E-state index contributed by atoms with van der Waals surface area (Å²) < 4.78 is 5.69. The molecule has 1 fully saturated rings. The predicted molar refractivity (Wildman–Crippen MR) is 118 cm³/mol. The van der Waals surface area contributed by atoms with Crippen LogP contribution in [0.1, 0.15) is 17.5 Å². The molecule has 2 amide bonds. The fraction of sp³-hybridized carbons (Fsp3) is 0.273. The summed E-state index contributed by atoms with van der Waals surface area (Å²) in [5.74, 6) is 0.0556. The van der Waals surface area contributed by atoms with E-state index < -0.39 is 0 Å². The van der Waals surface area contributed by atoms with Crippen LogP contribution in [0.2, 0.25) is 10.0 Å². The average molecular weight is 446 g/mol. The highest BCUT2D eigenvalue weighted by Crippen LogP contribution is 2.26. The van der Waals surface area contributed by atoms with Gasteiger partial charge in [-0.3, -0.25) is 14.5 Å². The number of benzene rings is 2. The van der Waals surface area contributed by atoms with Crippen molar-refractivity contribution in [3.05, 3.63) is 64.3 Å². The molecule has 0 spiro atoms. The molecule has 4 rings (SSSR count). The van der Waals surface area contributed by atoms with Crippen molar-refractivity contribution in [3.63, 3.8) is 0 Å². The molecule has 0 bridgehead atoms. The van der Waals surface area contributed by atoms with Crippen LogP contribution in [0.15, 0.2) is 52.9 Å². The molecule has 1 aromatic heterocycles. The Kier molecular flexibility index (Phi) is 5.99. The maximum atomic E-state index is 12.8. The molecule has 30 heavy (non-hydrogen) atoms. The zero-order chi connectivity index (χ0) is 21.3. The summed E-state index contributed by atoms with van der Waals surface area (Å²) in [6.45, 7) is 4.07. The summed E-state index contributed by atoms with van der Waals surface area (Å²) in [7, 11) is 0. The van der Waals surface area contributed by atoms with Crippen LogP contribution in [-0.2, 0) is 4.79 Å². The van der Waals surface area contributed by atoms with Gasteiger partial charge in [0.1, 0.15) is 5.58 Å². The lowest BCUT2D eigenvalue weighted by Gasteiger charge is -2.37. The van der Waals surface area contributed by atoms with Crippen LogP contribution in [0.3, 0.4) is 0 Å². The van der Waals surface area contributed by atoms with Crippen LogP contribution in [0.25, 0.3) is 11.0 Å². The number of anilines is 1. The third-order valence-electron chi connectivity index (χ3n) is 5.35. The topological polar surface area (TPSA) is 65.8 Å². The molecular formula is C22H21Cl2N3O3. The van der Waals surface area contributed by atoms with Crippen LogP contribution in [0.4, 0.5) is 5.69 Å². The molecule has 2 aromatic carbocycles. The largest absolute Gasteiger partial charge is 0.451 e. The predicted octanol–water partition coefficient (Wildman–Crippen LogP) is 4.52. The monoisotopic (exact) mass is 445 g/mol. The van der Waals surface area contributed by atoms with Crippen LogP contribution in [0.5, 0.6) is 0 Å². The Hall–Kier alpha value is -2.54. The van der Waals surface area contributed by atoms with Crippen molar-refractivity contribution in [1.82, 2.24) is 9.80 Å². The molecule has 1 atom stereocenters. The fourth-order valence-corrected chi connectivity index (χ4v) is 4.01. The Morgan fingerprint density at radius 1 is 1.03 bits per heavy atom. The second-order valence-electron chi connectivity index (χ2n) is 7.27. The summed E-state index contributed by atoms with van der Waals surface area (Å²) >= 11 is 12.0. The van der Waals surface area contributed by atoms with Crippen molar-refractivity contribution in [1.29, 1.82) is 0 Å². The van der Waals surface area contributed by atoms with Crippen molar-refractivity contribution in [2.45, 2.75) is 13.0 Å². The number of rotatable bonds is 4. The van der Waals surface area contributed by atoms with Gasteiger partial charge >= 0.3 is 0 Å². The van der Waals surface area contributed by atoms with E-state index in [-0.39, 0.29) is 17.9 Å². The number of halogens is 2. The van der Waals surface area contributed by atoms with Gasteiger partial charge in [0, 0.05) is 36.6 Å². The normalized spacial score (nSPS) is 15.9. The second-order valence-corrected chi connectivity index (χ2v) is 8.11. The summed E-state index contributed by atoms with van der Waals surface area (Å²) in [5, 5.41) is 4.65. The Labute approximate surface area is 184 Å². The van der Waals surface area contributed by atoms with Gasteiger partial charge in [0.15, 0.2) is 5.76 Å². The fourth-order valence-electron chi connectivity index (χ4n) is 3.55. The molecule has 6 nitrogen and oxygen atoms in total. The van der Waals surface area contributed by atoms with E-state index in [9.17, 15) is 9.59 Å². The number of carbonyl (C=O) groups is 2. The Bertz CT molecular complexity index is 1060. The van der Waals surface area contributed by atoms with Gasteiger partial charge in [-0.2, -0.15) is 0 Å². The molecule has 0 aliphatic carbocycles. The van der Waals surface area contributed by atoms with Crippen LogP contribution >= 0.6 is 23.2 Å². The van der Waals surface area contributed by atoms with Gasteiger partial charge in [0.2, 0.25) is 5.91 Å². The van der Waals surface area contributed by atoms with Crippen molar-refractivity contribution < 1.29 is 14.0 Å². The third kappa shape index (κ3) is 4.31. The number of fused-ring (bicyclic) bond motifs is 1. The Morgan fingerprint density at radius 3 is 2.47 bits per heavy atom. The quantitative estimate of drug-likeness (QED) is 0.640. The lowest BCUT2D eigenvalue weighted by molar-refractivity contribution is -0.121. The van der Waals surface area contributed by atoms with E-state index in [1.165, 1.54) is 0 Å². The van der Waals surface area contributed by atoms with E-state index in [2.05, 4.69) is 5.32 Å². The van der Waals surface area contributed by atoms with E-state index >= 15 is 0 Å². The summed E-state index contributed by atoms with van der Waals surface area (Å²) in [4.78, 5) is 29.2. The molecule has 1 saturated heterocycles. The molecule has 0 radical (unpaired) electrons. The molecule has 8 heteroatoms. The number of carbonyl (C=O) groups excluding carboxylic acids is 2. The van der Waals surface area contributed by atoms with Gasteiger partial charge in [-0.1, -0.05) is 41.4 Å². The number of nitrogens with one attached hydrogen (secondary N) is 1. The highest BCUT2D eigenvalue weighted by atomic mass is 35.5. The standard InChI is InChI=1S/C22H21Cl2N3O3/c1-14(21(28)25-18-7-6-16(23)13-17(18)24)26-8-10-27(11-9-26)22(29)20-12-15-4-2-3-5-19(15)30-20/h2-7,12-14H,8-11H2,1H3,(H,25,28). The molecule has 3 aromatic rings. The van der Waals surface area contributed by atoms with Gasteiger partial charge in [-0.25, -0.2) is 0 Å². The van der Waals surface area contributed by atoms with E-state index in [4.69, 9.17) is 27.6 Å². The Balaban J connectivity index is 1.35. The Morgan fingerprint density at radius 2 is 1.77 bits per heavy atom. The molecule has 1 aliphatic rings. The van der Waals surface area contributed by atoms with Crippen LogP contribution in [0, 0.1) is 0 Å². The highest BCUT2D eigenvalue weighted by molar-refractivity contribution is 6.36. The molecule has 1 N–H and O–H groups in total. The molecule has 1 aliphatic heterocycles. The van der Waals surface area contributed by atoms with Crippen molar-refractivity contribution in [2.24, 2.45) is 0 Å². The first-order chi connectivity index (χ1) is 14.4. The highest BCUT2D eigenvalue weighted by Gasteiger charge is 2.29. The first-order valence-corrected chi connectivity index (χ1v) is 10.5. The minimum absolute atomic E-state index is 0.129. The zero-order valence-electron chi connectivity index (χ0n) is 16.4. The average Bonchev–Trinajstić information content (AvgIpc) is 3.19. The van der Waals surface area contributed by atoms with Gasteiger partial charge in [-0.15, -0.1) is 0 Å².